The first-order valence-corrected chi connectivity index (χ1v) is 2.65. The van der Waals surface area contributed by atoms with E-state index in [0.29, 0.717) is 0 Å². The van der Waals surface area contributed by atoms with Crippen LogP contribution in [0, 0.1) is 0 Å². The van der Waals surface area contributed by atoms with Gasteiger partial charge in [0, 0.05) is 6.92 Å². The minimum atomic E-state index is -1.18. The molecule has 0 rings (SSSR count). The maximum Gasteiger partial charge on any atom is 0.324 e. The summed E-state index contributed by atoms with van der Waals surface area (Å²) in [5.41, 5.74) is 4.99. The van der Waals surface area contributed by atoms with Gasteiger partial charge in [0.25, 0.3) is 0 Å². The van der Waals surface area contributed by atoms with Gasteiger partial charge < -0.3 is 15.6 Å². The van der Waals surface area contributed by atoms with Crippen molar-refractivity contribution in [3.63, 3.8) is 0 Å². The summed E-state index contributed by atoms with van der Waals surface area (Å²) in [5, 5.41) is 8.18. The van der Waals surface area contributed by atoms with Crippen LogP contribution in [0.2, 0.25) is 0 Å². The zero-order valence-corrected chi connectivity index (χ0v) is 6.76. The van der Waals surface area contributed by atoms with Crippen LogP contribution in [0.3, 0.4) is 0 Å². The summed E-state index contributed by atoms with van der Waals surface area (Å²) in [4.78, 5) is 20.1. The fourth-order valence-corrected chi connectivity index (χ4v) is 0.278. The Morgan fingerprint density at radius 1 is 1.64 bits per heavy atom. The first-order chi connectivity index (χ1) is 4.54. The molecule has 0 aromatic heterocycles. The average Bonchev–Trinajstić information content (AvgIpc) is 1.82. The van der Waals surface area contributed by atoms with Crippen LogP contribution >= 0.6 is 12.4 Å². The quantitative estimate of drug-likeness (QED) is 0.570. The summed E-state index contributed by atoms with van der Waals surface area (Å²) in [5.74, 6) is -1.71. The molecule has 0 aromatic rings. The van der Waals surface area contributed by atoms with Crippen molar-refractivity contribution >= 4 is 24.3 Å². The fraction of sp³-hybridized carbons (Fsp3) is 0.600. The van der Waals surface area contributed by atoms with E-state index in [4.69, 9.17) is 10.8 Å². The SMILES string of the molecule is CC(=O)OC[C@H](N)C(=O)O.Cl. The van der Waals surface area contributed by atoms with Gasteiger partial charge in [-0.25, -0.2) is 0 Å². The van der Waals surface area contributed by atoms with E-state index >= 15 is 0 Å². The standard InChI is InChI=1S/C5H9NO4.ClH/c1-3(7)10-2-4(6)5(8)9;/h4H,2,6H2,1H3,(H,8,9);1H/t4-;/m0./s1. The molecule has 0 saturated carbocycles. The van der Waals surface area contributed by atoms with Crippen LogP contribution in [0.25, 0.3) is 0 Å². The number of hydrogen-bond acceptors (Lipinski definition) is 4. The van der Waals surface area contributed by atoms with E-state index < -0.39 is 18.0 Å². The highest BCUT2D eigenvalue weighted by Gasteiger charge is 2.11. The Morgan fingerprint density at radius 3 is 2.36 bits per heavy atom. The first-order valence-electron chi connectivity index (χ1n) is 2.65. The van der Waals surface area contributed by atoms with Crippen LogP contribution in [-0.4, -0.2) is 29.7 Å². The molecule has 0 unspecified atom stereocenters. The molecule has 0 saturated heterocycles. The minimum Gasteiger partial charge on any atom is -0.480 e. The monoisotopic (exact) mass is 183 g/mol. The summed E-state index contributed by atoms with van der Waals surface area (Å²) < 4.78 is 4.32. The lowest BCUT2D eigenvalue weighted by molar-refractivity contribution is -0.146. The molecule has 11 heavy (non-hydrogen) atoms. The average molecular weight is 184 g/mol. The minimum absolute atomic E-state index is 0. The van der Waals surface area contributed by atoms with Gasteiger partial charge in [-0.15, -0.1) is 12.4 Å². The van der Waals surface area contributed by atoms with E-state index in [9.17, 15) is 9.59 Å². The molecule has 0 aromatic carbocycles. The van der Waals surface area contributed by atoms with Crippen LogP contribution in [-0.2, 0) is 14.3 Å². The van der Waals surface area contributed by atoms with Gasteiger partial charge in [0.05, 0.1) is 0 Å². The molecular formula is C5H10ClNO4. The van der Waals surface area contributed by atoms with E-state index in [1.807, 2.05) is 0 Å². The second-order valence-electron chi connectivity index (χ2n) is 1.75. The second kappa shape index (κ2) is 5.94. The molecule has 5 nitrogen and oxygen atoms in total. The Hall–Kier alpha value is -0.810. The molecule has 0 radical (unpaired) electrons. The Balaban J connectivity index is 0. The summed E-state index contributed by atoms with van der Waals surface area (Å²) in [6, 6.07) is -1.12. The maximum absolute atomic E-state index is 10.1. The lowest BCUT2D eigenvalue weighted by Crippen LogP contribution is -2.35. The van der Waals surface area contributed by atoms with Crippen molar-refractivity contribution in [2.45, 2.75) is 13.0 Å². The number of nitrogens with two attached hydrogens (primary N) is 1. The highest BCUT2D eigenvalue weighted by Crippen LogP contribution is 1.82. The largest absolute Gasteiger partial charge is 0.480 e. The topological polar surface area (TPSA) is 89.6 Å². The number of halogens is 1. The number of ether oxygens (including phenoxy) is 1. The number of carboxylic acids is 1. The van der Waals surface area contributed by atoms with Crippen molar-refractivity contribution in [1.82, 2.24) is 0 Å². The van der Waals surface area contributed by atoms with E-state index in [-0.39, 0.29) is 19.0 Å². The van der Waals surface area contributed by atoms with Crippen molar-refractivity contribution in [2.24, 2.45) is 5.73 Å². The van der Waals surface area contributed by atoms with E-state index in [0.717, 1.165) is 0 Å². The van der Waals surface area contributed by atoms with Crippen molar-refractivity contribution in [3.8, 4) is 0 Å². The molecule has 6 heteroatoms. The number of aliphatic carboxylic acids is 1. The second-order valence-corrected chi connectivity index (χ2v) is 1.75. The molecule has 0 amide bonds. The Bertz CT molecular complexity index is 149. The van der Waals surface area contributed by atoms with E-state index in [1.54, 1.807) is 0 Å². The van der Waals surface area contributed by atoms with Crippen LogP contribution in [0.5, 0.6) is 0 Å². The van der Waals surface area contributed by atoms with Crippen LogP contribution in [0.1, 0.15) is 6.92 Å². The molecule has 0 heterocycles. The van der Waals surface area contributed by atoms with Gasteiger partial charge in [-0.2, -0.15) is 0 Å². The number of carboxylic acid groups (broad SMARTS) is 1. The van der Waals surface area contributed by atoms with Gasteiger partial charge in [0.1, 0.15) is 12.6 Å². The zero-order chi connectivity index (χ0) is 8.15. The molecule has 0 aliphatic carbocycles. The lowest BCUT2D eigenvalue weighted by atomic mass is 10.3. The number of carbonyl (C=O) groups excluding carboxylic acids is 1. The predicted molar refractivity (Wildman–Crippen MR) is 39.5 cm³/mol. The molecule has 0 bridgehead atoms. The zero-order valence-electron chi connectivity index (χ0n) is 5.94. The Labute approximate surface area is 69.9 Å². The third-order valence-electron chi connectivity index (χ3n) is 0.783. The van der Waals surface area contributed by atoms with Crippen LogP contribution < -0.4 is 5.73 Å². The first kappa shape index (κ1) is 12.8. The number of hydrogen-bond donors (Lipinski definition) is 2. The summed E-state index contributed by atoms with van der Waals surface area (Å²) in [6.07, 6.45) is 0. The van der Waals surface area contributed by atoms with Crippen molar-refractivity contribution in [3.05, 3.63) is 0 Å². The number of rotatable bonds is 3. The van der Waals surface area contributed by atoms with Crippen molar-refractivity contribution in [1.29, 1.82) is 0 Å². The third kappa shape index (κ3) is 7.08. The third-order valence-corrected chi connectivity index (χ3v) is 0.783. The summed E-state index contributed by atoms with van der Waals surface area (Å²) in [6.45, 7) is 0.916. The highest BCUT2D eigenvalue weighted by atomic mass is 35.5. The fourth-order valence-electron chi connectivity index (χ4n) is 0.278. The molecular weight excluding hydrogens is 174 g/mol. The normalized spacial score (nSPS) is 11.1. The summed E-state index contributed by atoms with van der Waals surface area (Å²) in [7, 11) is 0. The molecule has 0 spiro atoms. The van der Waals surface area contributed by atoms with Crippen molar-refractivity contribution < 1.29 is 19.4 Å². The predicted octanol–water partition coefficient (Wildman–Crippen LogP) is -0.617. The van der Waals surface area contributed by atoms with Gasteiger partial charge >= 0.3 is 11.9 Å². The van der Waals surface area contributed by atoms with Gasteiger partial charge in [0.15, 0.2) is 0 Å². The Kier molecular flexibility index (Phi) is 6.92. The molecule has 0 fully saturated rings. The van der Waals surface area contributed by atoms with Gasteiger partial charge in [0.2, 0.25) is 0 Å². The maximum atomic E-state index is 10.1. The summed E-state index contributed by atoms with van der Waals surface area (Å²) >= 11 is 0. The molecule has 1 atom stereocenters. The van der Waals surface area contributed by atoms with Gasteiger partial charge in [-0.3, -0.25) is 9.59 Å². The highest BCUT2D eigenvalue weighted by molar-refractivity contribution is 5.85. The molecule has 66 valence electrons. The molecule has 0 aliphatic rings. The molecule has 0 aliphatic heterocycles. The van der Waals surface area contributed by atoms with E-state index in [2.05, 4.69) is 4.74 Å². The molecule has 3 N–H and O–H groups in total. The van der Waals surface area contributed by atoms with Crippen LogP contribution in [0.15, 0.2) is 0 Å². The Morgan fingerprint density at radius 2 is 2.09 bits per heavy atom. The van der Waals surface area contributed by atoms with Gasteiger partial charge in [-0.05, 0) is 0 Å². The number of esters is 1. The van der Waals surface area contributed by atoms with E-state index in [1.165, 1.54) is 6.92 Å². The number of carbonyl (C=O) groups is 2. The lowest BCUT2D eigenvalue weighted by Gasteiger charge is -2.04. The van der Waals surface area contributed by atoms with Gasteiger partial charge in [-0.1, -0.05) is 0 Å². The van der Waals surface area contributed by atoms with Crippen molar-refractivity contribution in [2.75, 3.05) is 6.61 Å². The van der Waals surface area contributed by atoms with Crippen LogP contribution in [0.4, 0.5) is 0 Å². The smallest absolute Gasteiger partial charge is 0.324 e.